The lowest BCUT2D eigenvalue weighted by Crippen LogP contribution is -2.37. The van der Waals surface area contributed by atoms with Crippen LogP contribution in [0.15, 0.2) is 18.2 Å². The lowest BCUT2D eigenvalue weighted by Gasteiger charge is -2.22. The SMILES string of the molecule is CCNc1cccc(C(=O)N(C)C2CCOC2)n1. The molecule has 1 fully saturated rings. The third-order valence-electron chi connectivity index (χ3n) is 3.10. The van der Waals surface area contributed by atoms with Crippen LogP contribution in [-0.2, 0) is 4.74 Å². The molecule has 0 aromatic carbocycles. The zero-order valence-corrected chi connectivity index (χ0v) is 10.8. The fourth-order valence-electron chi connectivity index (χ4n) is 2.01. The summed E-state index contributed by atoms with van der Waals surface area (Å²) in [7, 11) is 1.81. The molecular weight excluding hydrogens is 230 g/mol. The lowest BCUT2D eigenvalue weighted by atomic mass is 10.2. The highest BCUT2D eigenvalue weighted by molar-refractivity contribution is 5.92. The minimum Gasteiger partial charge on any atom is -0.379 e. The highest BCUT2D eigenvalue weighted by atomic mass is 16.5. The Morgan fingerprint density at radius 1 is 1.61 bits per heavy atom. The van der Waals surface area contributed by atoms with E-state index in [1.165, 1.54) is 0 Å². The van der Waals surface area contributed by atoms with E-state index in [4.69, 9.17) is 4.74 Å². The number of rotatable bonds is 4. The molecule has 5 heteroatoms. The Hall–Kier alpha value is -1.62. The molecule has 1 saturated heterocycles. The molecule has 0 radical (unpaired) electrons. The molecule has 98 valence electrons. The van der Waals surface area contributed by atoms with Crippen LogP contribution >= 0.6 is 0 Å². The molecule has 1 aromatic rings. The normalized spacial score (nSPS) is 18.7. The van der Waals surface area contributed by atoms with Crippen molar-refractivity contribution in [3.63, 3.8) is 0 Å². The fourth-order valence-corrected chi connectivity index (χ4v) is 2.01. The number of nitrogens with one attached hydrogen (secondary N) is 1. The second-order valence-electron chi connectivity index (χ2n) is 4.37. The van der Waals surface area contributed by atoms with Crippen molar-refractivity contribution < 1.29 is 9.53 Å². The zero-order valence-electron chi connectivity index (χ0n) is 10.8. The number of ether oxygens (including phenoxy) is 1. The molecule has 0 aliphatic carbocycles. The van der Waals surface area contributed by atoms with E-state index < -0.39 is 0 Å². The van der Waals surface area contributed by atoms with Crippen molar-refractivity contribution >= 4 is 11.7 Å². The van der Waals surface area contributed by atoms with Crippen molar-refractivity contribution in [3.8, 4) is 0 Å². The van der Waals surface area contributed by atoms with Gasteiger partial charge in [-0.2, -0.15) is 0 Å². The van der Waals surface area contributed by atoms with E-state index in [9.17, 15) is 4.79 Å². The second-order valence-corrected chi connectivity index (χ2v) is 4.37. The van der Waals surface area contributed by atoms with Crippen LogP contribution in [0.25, 0.3) is 0 Å². The molecule has 1 N–H and O–H groups in total. The molecule has 0 spiro atoms. The number of hydrogen-bond acceptors (Lipinski definition) is 4. The molecule has 1 unspecified atom stereocenters. The van der Waals surface area contributed by atoms with E-state index >= 15 is 0 Å². The second kappa shape index (κ2) is 5.82. The zero-order chi connectivity index (χ0) is 13.0. The van der Waals surface area contributed by atoms with Gasteiger partial charge in [0, 0.05) is 20.2 Å². The number of hydrogen-bond donors (Lipinski definition) is 1. The third kappa shape index (κ3) is 2.79. The Morgan fingerprint density at radius 3 is 3.11 bits per heavy atom. The molecule has 1 aromatic heterocycles. The summed E-state index contributed by atoms with van der Waals surface area (Å²) in [5.41, 5.74) is 0.475. The number of carbonyl (C=O) groups excluding carboxylic acids is 1. The molecule has 1 atom stereocenters. The average molecular weight is 249 g/mol. The van der Waals surface area contributed by atoms with Crippen LogP contribution in [0.5, 0.6) is 0 Å². The summed E-state index contributed by atoms with van der Waals surface area (Å²) in [6, 6.07) is 5.62. The average Bonchev–Trinajstić information content (AvgIpc) is 2.91. The first kappa shape index (κ1) is 12.8. The first-order valence-corrected chi connectivity index (χ1v) is 6.28. The number of amides is 1. The molecule has 5 nitrogen and oxygen atoms in total. The predicted octanol–water partition coefficient (Wildman–Crippen LogP) is 1.37. The summed E-state index contributed by atoms with van der Waals surface area (Å²) >= 11 is 0. The third-order valence-corrected chi connectivity index (χ3v) is 3.10. The Bertz CT molecular complexity index is 416. The van der Waals surface area contributed by atoms with Gasteiger partial charge in [0.25, 0.3) is 5.91 Å². The summed E-state index contributed by atoms with van der Waals surface area (Å²) in [4.78, 5) is 18.3. The van der Waals surface area contributed by atoms with Crippen molar-refractivity contribution in [2.45, 2.75) is 19.4 Å². The van der Waals surface area contributed by atoms with Gasteiger partial charge >= 0.3 is 0 Å². The molecule has 2 heterocycles. The number of pyridine rings is 1. The van der Waals surface area contributed by atoms with E-state index in [-0.39, 0.29) is 11.9 Å². The minimum absolute atomic E-state index is 0.0507. The topological polar surface area (TPSA) is 54.5 Å². The van der Waals surface area contributed by atoms with Crippen molar-refractivity contribution in [1.82, 2.24) is 9.88 Å². The molecule has 2 rings (SSSR count). The van der Waals surface area contributed by atoms with Gasteiger partial charge in [0.15, 0.2) is 0 Å². The fraction of sp³-hybridized carbons (Fsp3) is 0.538. The van der Waals surface area contributed by atoms with E-state index in [2.05, 4.69) is 10.3 Å². The van der Waals surface area contributed by atoms with Crippen LogP contribution in [0.2, 0.25) is 0 Å². The van der Waals surface area contributed by atoms with Crippen molar-refractivity contribution in [2.75, 3.05) is 32.1 Å². The molecular formula is C13H19N3O2. The van der Waals surface area contributed by atoms with Gasteiger partial charge in [-0.3, -0.25) is 4.79 Å². The smallest absolute Gasteiger partial charge is 0.272 e. The largest absolute Gasteiger partial charge is 0.379 e. The van der Waals surface area contributed by atoms with Gasteiger partial charge in [0.2, 0.25) is 0 Å². The highest BCUT2D eigenvalue weighted by Gasteiger charge is 2.25. The molecule has 1 amide bonds. The number of anilines is 1. The summed E-state index contributed by atoms with van der Waals surface area (Å²) in [5.74, 6) is 0.685. The van der Waals surface area contributed by atoms with E-state index in [1.54, 1.807) is 11.0 Å². The first-order valence-electron chi connectivity index (χ1n) is 6.28. The molecule has 0 bridgehead atoms. The minimum atomic E-state index is -0.0507. The van der Waals surface area contributed by atoms with Gasteiger partial charge in [-0.25, -0.2) is 4.98 Å². The Kier molecular flexibility index (Phi) is 4.15. The molecule has 18 heavy (non-hydrogen) atoms. The summed E-state index contributed by atoms with van der Waals surface area (Å²) < 4.78 is 5.30. The number of aromatic nitrogens is 1. The van der Waals surface area contributed by atoms with E-state index in [0.29, 0.717) is 12.3 Å². The van der Waals surface area contributed by atoms with Crippen molar-refractivity contribution in [3.05, 3.63) is 23.9 Å². The molecule has 1 aliphatic heterocycles. The standard InChI is InChI=1S/C13H19N3O2/c1-3-14-12-6-4-5-11(15-12)13(17)16(2)10-7-8-18-9-10/h4-6,10H,3,7-9H2,1-2H3,(H,14,15). The maximum atomic E-state index is 12.3. The lowest BCUT2D eigenvalue weighted by molar-refractivity contribution is 0.0705. The summed E-state index contributed by atoms with van der Waals surface area (Å²) in [6.07, 6.45) is 0.898. The van der Waals surface area contributed by atoms with Crippen LogP contribution in [-0.4, -0.2) is 48.6 Å². The summed E-state index contributed by atoms with van der Waals surface area (Å²) in [6.45, 7) is 4.14. The van der Waals surface area contributed by atoms with Gasteiger partial charge < -0.3 is 15.0 Å². The van der Waals surface area contributed by atoms with Crippen LogP contribution in [0.4, 0.5) is 5.82 Å². The Labute approximate surface area is 107 Å². The van der Waals surface area contributed by atoms with E-state index in [1.807, 2.05) is 26.1 Å². The van der Waals surface area contributed by atoms with Crippen LogP contribution in [0.1, 0.15) is 23.8 Å². The van der Waals surface area contributed by atoms with Crippen LogP contribution in [0, 0.1) is 0 Å². The van der Waals surface area contributed by atoms with Crippen molar-refractivity contribution in [1.29, 1.82) is 0 Å². The van der Waals surface area contributed by atoms with Gasteiger partial charge in [0.05, 0.1) is 12.6 Å². The number of likely N-dealkylation sites (N-methyl/N-ethyl adjacent to an activating group) is 1. The number of carbonyl (C=O) groups is 1. The monoisotopic (exact) mass is 249 g/mol. The predicted molar refractivity (Wildman–Crippen MR) is 69.7 cm³/mol. The van der Waals surface area contributed by atoms with Gasteiger partial charge in [-0.1, -0.05) is 6.07 Å². The Morgan fingerprint density at radius 2 is 2.44 bits per heavy atom. The van der Waals surface area contributed by atoms with Crippen LogP contribution < -0.4 is 5.32 Å². The van der Waals surface area contributed by atoms with Gasteiger partial charge in [-0.15, -0.1) is 0 Å². The first-order chi connectivity index (χ1) is 8.72. The Balaban J connectivity index is 2.09. The number of nitrogens with zero attached hydrogens (tertiary/aromatic N) is 2. The van der Waals surface area contributed by atoms with Gasteiger partial charge in [-0.05, 0) is 25.5 Å². The molecule has 1 aliphatic rings. The quantitative estimate of drug-likeness (QED) is 0.875. The highest BCUT2D eigenvalue weighted by Crippen LogP contribution is 2.14. The van der Waals surface area contributed by atoms with E-state index in [0.717, 1.165) is 25.4 Å². The molecule has 0 saturated carbocycles. The van der Waals surface area contributed by atoms with Crippen molar-refractivity contribution in [2.24, 2.45) is 0 Å². The maximum absolute atomic E-state index is 12.3. The van der Waals surface area contributed by atoms with Gasteiger partial charge in [0.1, 0.15) is 11.5 Å². The maximum Gasteiger partial charge on any atom is 0.272 e. The van der Waals surface area contributed by atoms with Crippen LogP contribution in [0.3, 0.4) is 0 Å². The summed E-state index contributed by atoms with van der Waals surface area (Å²) in [5, 5.41) is 3.10.